The Morgan fingerprint density at radius 1 is 1.10 bits per heavy atom. The third-order valence-corrected chi connectivity index (χ3v) is 4.36. The number of halogens is 1. The number of benzene rings is 2. The molecule has 1 aliphatic rings. The van der Waals surface area contributed by atoms with E-state index in [1.165, 1.54) is 0 Å². The Hall–Kier alpha value is -1.99. The standard InChI is InChI=1S/C17H14BrNO2/c1-20-16-6-10-5-11(9-19)13-4-3-12(18)7-15(13)14(10)8-17(16)21-2/h3-4,6-8,11H,5H2,1-2H3/t11-/m1/s1. The van der Waals surface area contributed by atoms with Crippen molar-refractivity contribution in [3.05, 3.63) is 45.9 Å². The lowest BCUT2D eigenvalue weighted by molar-refractivity contribution is 0.354. The molecule has 0 spiro atoms. The van der Waals surface area contributed by atoms with Crippen LogP contribution in [0.25, 0.3) is 11.1 Å². The van der Waals surface area contributed by atoms with Crippen LogP contribution in [0.4, 0.5) is 0 Å². The summed E-state index contributed by atoms with van der Waals surface area (Å²) in [6.07, 6.45) is 0.695. The first-order chi connectivity index (χ1) is 10.2. The van der Waals surface area contributed by atoms with Crippen molar-refractivity contribution in [2.45, 2.75) is 12.3 Å². The van der Waals surface area contributed by atoms with Crippen LogP contribution in [0.3, 0.4) is 0 Å². The second kappa shape index (κ2) is 5.42. The van der Waals surface area contributed by atoms with Gasteiger partial charge in [-0.2, -0.15) is 5.26 Å². The molecule has 0 bridgehead atoms. The highest BCUT2D eigenvalue weighted by Gasteiger charge is 2.26. The Balaban J connectivity index is 2.27. The normalized spacial score (nSPS) is 15.6. The lowest BCUT2D eigenvalue weighted by atomic mass is 9.79. The average molecular weight is 344 g/mol. The predicted molar refractivity (Wildman–Crippen MR) is 84.7 cm³/mol. The fourth-order valence-corrected chi connectivity index (χ4v) is 3.21. The van der Waals surface area contributed by atoms with Crippen molar-refractivity contribution in [1.82, 2.24) is 0 Å². The molecule has 0 saturated carbocycles. The Kier molecular flexibility index (Phi) is 3.60. The van der Waals surface area contributed by atoms with Crippen molar-refractivity contribution in [3.63, 3.8) is 0 Å². The summed E-state index contributed by atoms with van der Waals surface area (Å²) >= 11 is 3.51. The Morgan fingerprint density at radius 2 is 1.81 bits per heavy atom. The SMILES string of the molecule is COc1cc2c(cc1OC)-c1cc(Br)ccc1[C@@H](C#N)C2. The lowest BCUT2D eigenvalue weighted by Gasteiger charge is -2.25. The number of nitriles is 1. The lowest BCUT2D eigenvalue weighted by Crippen LogP contribution is -2.10. The highest BCUT2D eigenvalue weighted by atomic mass is 79.9. The van der Waals surface area contributed by atoms with Gasteiger partial charge in [0, 0.05) is 4.47 Å². The van der Waals surface area contributed by atoms with Gasteiger partial charge >= 0.3 is 0 Å². The zero-order valence-corrected chi connectivity index (χ0v) is 13.4. The first-order valence-electron chi connectivity index (χ1n) is 6.62. The van der Waals surface area contributed by atoms with Crippen molar-refractivity contribution in [3.8, 4) is 28.7 Å². The highest BCUT2D eigenvalue weighted by Crippen LogP contribution is 2.44. The third-order valence-electron chi connectivity index (χ3n) is 3.87. The summed E-state index contributed by atoms with van der Waals surface area (Å²) in [5, 5.41) is 9.44. The first kappa shape index (κ1) is 14.0. The molecule has 3 nitrogen and oxygen atoms in total. The molecule has 0 radical (unpaired) electrons. The number of ether oxygens (including phenoxy) is 2. The first-order valence-corrected chi connectivity index (χ1v) is 7.41. The Morgan fingerprint density at radius 3 is 2.48 bits per heavy atom. The van der Waals surface area contributed by atoms with Gasteiger partial charge in [0.2, 0.25) is 0 Å². The van der Waals surface area contributed by atoms with E-state index < -0.39 is 0 Å². The number of nitrogens with zero attached hydrogens (tertiary/aromatic N) is 1. The molecular weight excluding hydrogens is 330 g/mol. The minimum atomic E-state index is -0.126. The second-order valence-electron chi connectivity index (χ2n) is 4.98. The molecule has 0 amide bonds. The molecule has 3 rings (SSSR count). The summed E-state index contributed by atoms with van der Waals surface area (Å²) in [7, 11) is 3.26. The maximum Gasteiger partial charge on any atom is 0.161 e. The van der Waals surface area contributed by atoms with Crippen LogP contribution in [0.15, 0.2) is 34.8 Å². The molecule has 0 unspecified atom stereocenters. The van der Waals surface area contributed by atoms with E-state index in [1.54, 1.807) is 14.2 Å². The molecule has 1 aliphatic carbocycles. The summed E-state index contributed by atoms with van der Waals surface area (Å²) in [5.41, 5.74) is 4.37. The quantitative estimate of drug-likeness (QED) is 0.816. The van der Waals surface area contributed by atoms with Gasteiger partial charge in [-0.1, -0.05) is 22.0 Å². The monoisotopic (exact) mass is 343 g/mol. The molecule has 4 heteroatoms. The maximum atomic E-state index is 9.44. The molecule has 21 heavy (non-hydrogen) atoms. The number of rotatable bonds is 2. The van der Waals surface area contributed by atoms with Gasteiger partial charge in [0.25, 0.3) is 0 Å². The maximum absolute atomic E-state index is 9.44. The molecule has 0 aliphatic heterocycles. The minimum Gasteiger partial charge on any atom is -0.493 e. The smallest absolute Gasteiger partial charge is 0.161 e. The number of hydrogen-bond acceptors (Lipinski definition) is 3. The topological polar surface area (TPSA) is 42.2 Å². The van der Waals surface area contributed by atoms with Gasteiger partial charge in [-0.05, 0) is 52.9 Å². The van der Waals surface area contributed by atoms with Crippen LogP contribution in [-0.2, 0) is 6.42 Å². The highest BCUT2D eigenvalue weighted by molar-refractivity contribution is 9.10. The fraction of sp³-hybridized carbons (Fsp3) is 0.235. The summed E-state index contributed by atoms with van der Waals surface area (Å²) in [6, 6.07) is 12.4. The molecule has 106 valence electrons. The van der Waals surface area contributed by atoms with Gasteiger partial charge < -0.3 is 9.47 Å². The van der Waals surface area contributed by atoms with Crippen LogP contribution >= 0.6 is 15.9 Å². The summed E-state index contributed by atoms with van der Waals surface area (Å²) in [6.45, 7) is 0. The molecule has 0 heterocycles. The number of hydrogen-bond donors (Lipinski definition) is 0. The molecule has 0 saturated heterocycles. The molecule has 2 aromatic carbocycles. The second-order valence-corrected chi connectivity index (χ2v) is 5.90. The molecule has 0 aromatic heterocycles. The average Bonchev–Trinajstić information content (AvgIpc) is 2.52. The number of methoxy groups -OCH3 is 2. The van der Waals surface area contributed by atoms with Gasteiger partial charge in [-0.25, -0.2) is 0 Å². The molecule has 0 N–H and O–H groups in total. The number of fused-ring (bicyclic) bond motifs is 3. The van der Waals surface area contributed by atoms with E-state index in [0.29, 0.717) is 17.9 Å². The van der Waals surface area contributed by atoms with Crippen molar-refractivity contribution >= 4 is 15.9 Å². The summed E-state index contributed by atoms with van der Waals surface area (Å²) in [5.74, 6) is 1.28. The third kappa shape index (κ3) is 2.28. The zero-order chi connectivity index (χ0) is 15.0. The molecule has 1 atom stereocenters. The van der Waals surface area contributed by atoms with Crippen molar-refractivity contribution < 1.29 is 9.47 Å². The van der Waals surface area contributed by atoms with Crippen LogP contribution in [0, 0.1) is 11.3 Å². The van der Waals surface area contributed by atoms with Gasteiger partial charge in [0.1, 0.15) is 0 Å². The van der Waals surface area contributed by atoms with Crippen molar-refractivity contribution in [2.75, 3.05) is 14.2 Å². The van der Waals surface area contributed by atoms with Crippen molar-refractivity contribution in [2.24, 2.45) is 0 Å². The van der Waals surface area contributed by atoms with Crippen LogP contribution < -0.4 is 9.47 Å². The van der Waals surface area contributed by atoms with Crippen LogP contribution in [0.5, 0.6) is 11.5 Å². The van der Waals surface area contributed by atoms with E-state index in [9.17, 15) is 5.26 Å². The Bertz CT molecular complexity index is 749. The molecular formula is C17H14BrNO2. The van der Waals surface area contributed by atoms with E-state index in [0.717, 1.165) is 26.7 Å². The van der Waals surface area contributed by atoms with Gasteiger partial charge in [-0.3, -0.25) is 0 Å². The van der Waals surface area contributed by atoms with Gasteiger partial charge in [0.05, 0.1) is 26.2 Å². The minimum absolute atomic E-state index is 0.126. The van der Waals surface area contributed by atoms with Crippen LogP contribution in [-0.4, -0.2) is 14.2 Å². The van der Waals surface area contributed by atoms with E-state index in [-0.39, 0.29) is 5.92 Å². The predicted octanol–water partition coefficient (Wildman–Crippen LogP) is 4.30. The summed E-state index contributed by atoms with van der Waals surface area (Å²) < 4.78 is 11.8. The van der Waals surface area contributed by atoms with Gasteiger partial charge in [-0.15, -0.1) is 0 Å². The zero-order valence-electron chi connectivity index (χ0n) is 11.8. The van der Waals surface area contributed by atoms with Crippen LogP contribution in [0.2, 0.25) is 0 Å². The van der Waals surface area contributed by atoms with E-state index in [4.69, 9.17) is 9.47 Å². The van der Waals surface area contributed by atoms with E-state index in [2.05, 4.69) is 28.1 Å². The van der Waals surface area contributed by atoms with Crippen molar-refractivity contribution in [1.29, 1.82) is 5.26 Å². The van der Waals surface area contributed by atoms with Crippen LogP contribution in [0.1, 0.15) is 17.0 Å². The molecule has 2 aromatic rings. The van der Waals surface area contributed by atoms with E-state index >= 15 is 0 Å². The Labute approximate surface area is 132 Å². The van der Waals surface area contributed by atoms with E-state index in [1.807, 2.05) is 24.3 Å². The van der Waals surface area contributed by atoms with Gasteiger partial charge in [0.15, 0.2) is 11.5 Å². The summed E-state index contributed by atoms with van der Waals surface area (Å²) in [4.78, 5) is 0. The molecule has 0 fully saturated rings. The fourth-order valence-electron chi connectivity index (χ4n) is 2.85. The largest absolute Gasteiger partial charge is 0.493 e.